The van der Waals surface area contributed by atoms with Crippen LogP contribution in [0.5, 0.6) is 0 Å². The first kappa shape index (κ1) is 21.3. The normalized spacial score (nSPS) is 44.9. The van der Waals surface area contributed by atoms with Crippen LogP contribution in [0.1, 0.15) is 59.8 Å². The van der Waals surface area contributed by atoms with Crippen molar-refractivity contribution in [3.8, 4) is 0 Å². The largest absolute Gasteiger partial charge is 0.508 e. The highest BCUT2D eigenvalue weighted by molar-refractivity contribution is 5.99. The zero-order valence-corrected chi connectivity index (χ0v) is 18.2. The Balaban J connectivity index is 1.76. The summed E-state index contributed by atoms with van der Waals surface area (Å²) in [6.45, 7) is 6.81. The molecule has 0 aromatic rings. The van der Waals surface area contributed by atoms with Gasteiger partial charge in [-0.05, 0) is 74.3 Å². The summed E-state index contributed by atoms with van der Waals surface area (Å²) in [6, 6.07) is 0. The molecule has 2 N–H and O–H groups in total. The molecule has 0 spiro atoms. The lowest BCUT2D eigenvalue weighted by atomic mass is 9.45. The Morgan fingerprint density at radius 2 is 1.83 bits per heavy atom. The van der Waals surface area contributed by atoms with E-state index >= 15 is 0 Å². The number of ketones is 2. The first-order chi connectivity index (χ1) is 14.0. The molecule has 0 heterocycles. The predicted octanol–water partition coefficient (Wildman–Crippen LogP) is 3.29. The van der Waals surface area contributed by atoms with E-state index < -0.39 is 34.8 Å². The maximum atomic E-state index is 13.1. The van der Waals surface area contributed by atoms with E-state index in [-0.39, 0.29) is 35.2 Å². The number of aliphatic hydroxyl groups excluding tert-OH is 2. The standard InChI is InChI=1S/C24H32O6/c1-13-9-16-17-6-8-24(21(29)12-25,30-14(2)26)22(17,3)7-5-18(16)23(4)19(13)10-15(27)11-20(23)28/h10-11,13,16-18,25,27H,5-9,12H2,1-4H3/t13-,16-,17-,18-,22-,23+,24+/m0/s1. The lowest BCUT2D eigenvalue weighted by molar-refractivity contribution is -0.190. The van der Waals surface area contributed by atoms with Crippen LogP contribution in [-0.2, 0) is 19.1 Å². The van der Waals surface area contributed by atoms with Gasteiger partial charge >= 0.3 is 5.97 Å². The summed E-state index contributed by atoms with van der Waals surface area (Å²) in [5.41, 5.74) is -1.50. The molecule has 3 fully saturated rings. The summed E-state index contributed by atoms with van der Waals surface area (Å²) in [5.74, 6) is -0.346. The Kier molecular flexibility index (Phi) is 4.81. The number of hydrogen-bond acceptors (Lipinski definition) is 6. The lowest BCUT2D eigenvalue weighted by Gasteiger charge is -2.59. The van der Waals surface area contributed by atoms with Crippen molar-refractivity contribution in [3.63, 3.8) is 0 Å². The summed E-state index contributed by atoms with van der Waals surface area (Å²) in [4.78, 5) is 38.0. The van der Waals surface area contributed by atoms with E-state index in [1.807, 2.05) is 13.8 Å². The minimum atomic E-state index is -1.29. The van der Waals surface area contributed by atoms with Crippen molar-refractivity contribution in [2.75, 3.05) is 6.61 Å². The van der Waals surface area contributed by atoms with Gasteiger partial charge < -0.3 is 14.9 Å². The van der Waals surface area contributed by atoms with Crippen molar-refractivity contribution in [2.45, 2.75) is 65.4 Å². The molecule has 0 aromatic carbocycles. The quantitative estimate of drug-likeness (QED) is 0.685. The van der Waals surface area contributed by atoms with Crippen LogP contribution >= 0.6 is 0 Å². The fourth-order valence-corrected chi connectivity index (χ4v) is 7.75. The summed E-state index contributed by atoms with van der Waals surface area (Å²) < 4.78 is 5.73. The highest BCUT2D eigenvalue weighted by Crippen LogP contribution is 2.68. The highest BCUT2D eigenvalue weighted by atomic mass is 16.6. The van der Waals surface area contributed by atoms with Crippen LogP contribution < -0.4 is 0 Å². The van der Waals surface area contributed by atoms with Crippen LogP contribution in [0.4, 0.5) is 0 Å². The van der Waals surface area contributed by atoms with Gasteiger partial charge in [-0.2, -0.15) is 0 Å². The van der Waals surface area contributed by atoms with E-state index in [0.29, 0.717) is 12.8 Å². The van der Waals surface area contributed by atoms with E-state index in [1.165, 1.54) is 13.0 Å². The average molecular weight is 417 g/mol. The third-order valence-corrected chi connectivity index (χ3v) is 9.06. The minimum Gasteiger partial charge on any atom is -0.508 e. The second kappa shape index (κ2) is 6.78. The van der Waals surface area contributed by atoms with Gasteiger partial charge in [0, 0.05) is 18.4 Å². The molecule has 4 aliphatic rings. The highest BCUT2D eigenvalue weighted by Gasteiger charge is 2.69. The predicted molar refractivity (Wildman–Crippen MR) is 109 cm³/mol. The molecule has 30 heavy (non-hydrogen) atoms. The van der Waals surface area contributed by atoms with Gasteiger partial charge in [-0.15, -0.1) is 0 Å². The Morgan fingerprint density at radius 3 is 2.47 bits per heavy atom. The SMILES string of the molecule is CC(=O)O[C@@]1(C(=O)CO)CC[C@H]2[C@@H]3C[C@H](C)C4=CC(O)=CC(=O)[C@]4(C)[C@H]3CC[C@@]21C. The van der Waals surface area contributed by atoms with Crippen LogP contribution in [0.25, 0.3) is 0 Å². The topological polar surface area (TPSA) is 101 Å². The summed E-state index contributed by atoms with van der Waals surface area (Å²) in [5, 5.41) is 19.7. The monoisotopic (exact) mass is 416 g/mol. The van der Waals surface area contributed by atoms with Crippen LogP contribution in [0.2, 0.25) is 0 Å². The van der Waals surface area contributed by atoms with Crippen molar-refractivity contribution in [3.05, 3.63) is 23.5 Å². The van der Waals surface area contributed by atoms with Crippen molar-refractivity contribution >= 4 is 17.5 Å². The third kappa shape index (κ3) is 2.55. The molecule has 3 saturated carbocycles. The van der Waals surface area contributed by atoms with E-state index in [9.17, 15) is 24.6 Å². The molecule has 4 rings (SSSR count). The number of rotatable bonds is 3. The number of carbonyl (C=O) groups excluding carboxylic acids is 3. The Bertz CT molecular complexity index is 871. The van der Waals surface area contributed by atoms with Crippen molar-refractivity contribution < 1.29 is 29.3 Å². The van der Waals surface area contributed by atoms with Crippen molar-refractivity contribution in [1.82, 2.24) is 0 Å². The molecule has 0 unspecified atom stereocenters. The van der Waals surface area contributed by atoms with Gasteiger partial charge in [-0.25, -0.2) is 0 Å². The summed E-state index contributed by atoms with van der Waals surface area (Å²) >= 11 is 0. The fraction of sp³-hybridized carbons (Fsp3) is 0.708. The van der Waals surface area contributed by atoms with Gasteiger partial charge in [-0.1, -0.05) is 13.8 Å². The van der Waals surface area contributed by atoms with Gasteiger partial charge in [0.05, 0.1) is 5.41 Å². The third-order valence-electron chi connectivity index (χ3n) is 9.06. The van der Waals surface area contributed by atoms with E-state index in [4.69, 9.17) is 4.74 Å². The van der Waals surface area contributed by atoms with Gasteiger partial charge in [-0.3, -0.25) is 14.4 Å². The molecule has 0 aliphatic heterocycles. The molecule has 6 nitrogen and oxygen atoms in total. The van der Waals surface area contributed by atoms with Crippen LogP contribution in [0.3, 0.4) is 0 Å². The maximum absolute atomic E-state index is 13.1. The first-order valence-corrected chi connectivity index (χ1v) is 11.0. The zero-order chi connectivity index (χ0) is 22.1. The maximum Gasteiger partial charge on any atom is 0.303 e. The van der Waals surface area contributed by atoms with Gasteiger partial charge in [0.25, 0.3) is 0 Å². The van der Waals surface area contributed by atoms with Gasteiger partial charge in [0.15, 0.2) is 11.4 Å². The molecule has 0 aromatic heterocycles. The van der Waals surface area contributed by atoms with Gasteiger partial charge in [0.1, 0.15) is 12.4 Å². The molecule has 0 radical (unpaired) electrons. The Hall–Kier alpha value is -1.95. The molecule has 0 amide bonds. The number of esters is 1. The minimum absolute atomic E-state index is 0.0294. The number of hydrogen-bond donors (Lipinski definition) is 2. The Labute approximate surface area is 177 Å². The molecule has 164 valence electrons. The smallest absolute Gasteiger partial charge is 0.303 e. The second-order valence-electron chi connectivity index (χ2n) is 10.2. The lowest BCUT2D eigenvalue weighted by Crippen LogP contribution is -2.60. The van der Waals surface area contributed by atoms with Crippen LogP contribution in [0, 0.1) is 34.5 Å². The van der Waals surface area contributed by atoms with Crippen molar-refractivity contribution in [1.29, 1.82) is 0 Å². The van der Waals surface area contributed by atoms with E-state index in [1.54, 1.807) is 6.08 Å². The van der Waals surface area contributed by atoms with Gasteiger partial charge in [0.2, 0.25) is 5.78 Å². The van der Waals surface area contributed by atoms with Crippen LogP contribution in [0.15, 0.2) is 23.5 Å². The number of Topliss-reactive ketones (excluding diaryl/α,β-unsaturated/α-hetero) is 1. The number of aliphatic hydroxyl groups is 2. The molecule has 6 heteroatoms. The molecule has 0 bridgehead atoms. The summed E-state index contributed by atoms with van der Waals surface area (Å²) in [6.07, 6.45) is 6.52. The fourth-order valence-electron chi connectivity index (χ4n) is 7.75. The molecular formula is C24H32O6. The number of carbonyl (C=O) groups is 3. The van der Waals surface area contributed by atoms with Crippen LogP contribution in [-0.4, -0.2) is 40.0 Å². The Morgan fingerprint density at radius 1 is 1.17 bits per heavy atom. The zero-order valence-electron chi connectivity index (χ0n) is 18.2. The number of allylic oxidation sites excluding steroid dienone is 3. The number of fused-ring (bicyclic) bond motifs is 5. The van der Waals surface area contributed by atoms with E-state index in [2.05, 4.69) is 6.92 Å². The molecular weight excluding hydrogens is 384 g/mol. The van der Waals surface area contributed by atoms with E-state index in [0.717, 1.165) is 24.8 Å². The number of ether oxygens (including phenoxy) is 1. The second-order valence-corrected chi connectivity index (χ2v) is 10.2. The van der Waals surface area contributed by atoms with Crippen molar-refractivity contribution in [2.24, 2.45) is 34.5 Å². The molecule has 0 saturated heterocycles. The molecule has 7 atom stereocenters. The molecule has 4 aliphatic carbocycles. The first-order valence-electron chi connectivity index (χ1n) is 11.0. The summed E-state index contributed by atoms with van der Waals surface area (Å²) in [7, 11) is 0. The average Bonchev–Trinajstić information content (AvgIpc) is 2.96.